The number of rotatable bonds is 1. The maximum atomic E-state index is 11.0. The summed E-state index contributed by atoms with van der Waals surface area (Å²) in [5, 5.41) is 19.4. The van der Waals surface area contributed by atoms with Crippen LogP contribution in [0.5, 0.6) is 5.75 Å². The molecule has 1 atom stereocenters. The van der Waals surface area contributed by atoms with Crippen molar-refractivity contribution in [1.29, 1.82) is 0 Å². The highest BCUT2D eigenvalue weighted by atomic mass is 16.4. The summed E-state index contributed by atoms with van der Waals surface area (Å²) in [6, 6.07) is 7.24. The Bertz CT molecular complexity index is 600. The first-order valence-electron chi connectivity index (χ1n) is 5.69. The molecule has 4 heteroatoms. The molecule has 0 bridgehead atoms. The summed E-state index contributed by atoms with van der Waals surface area (Å²) in [7, 11) is 0. The number of phenolic OH excluding ortho intramolecular Hbond substituents is 1. The van der Waals surface area contributed by atoms with Crippen molar-refractivity contribution >= 4 is 16.9 Å². The topological polar surface area (TPSA) is 62.5 Å². The number of hydrogen-bond donors (Lipinski definition) is 2. The smallest absolute Gasteiger partial charge is 0.306 e. The van der Waals surface area contributed by atoms with E-state index in [1.54, 1.807) is 12.1 Å². The predicted molar refractivity (Wildman–Crippen MR) is 63.0 cm³/mol. The van der Waals surface area contributed by atoms with Crippen molar-refractivity contribution in [1.82, 2.24) is 4.57 Å². The Balaban J connectivity index is 2.09. The van der Waals surface area contributed by atoms with Gasteiger partial charge in [-0.25, -0.2) is 0 Å². The lowest BCUT2D eigenvalue weighted by molar-refractivity contribution is -0.142. The number of phenols is 1. The third-order valence-electron chi connectivity index (χ3n) is 3.48. The van der Waals surface area contributed by atoms with Crippen LogP contribution in [0.2, 0.25) is 0 Å². The Labute approximate surface area is 98.1 Å². The Kier molecular flexibility index (Phi) is 2.11. The fraction of sp³-hybridized carbons (Fsp3) is 0.308. The molecule has 0 saturated carbocycles. The molecular formula is C13H13NO3. The number of benzene rings is 1. The second-order valence-electron chi connectivity index (χ2n) is 4.56. The number of carboxylic acids is 1. The van der Waals surface area contributed by atoms with Gasteiger partial charge in [-0.15, -0.1) is 0 Å². The molecule has 1 aromatic carbocycles. The normalized spacial score (nSPS) is 19.2. The average molecular weight is 231 g/mol. The van der Waals surface area contributed by atoms with Crippen LogP contribution in [0.1, 0.15) is 12.1 Å². The lowest BCUT2D eigenvalue weighted by atomic mass is 9.96. The van der Waals surface area contributed by atoms with Crippen LogP contribution in [0.25, 0.3) is 10.9 Å². The summed E-state index contributed by atoms with van der Waals surface area (Å²) in [4.78, 5) is 11.0. The molecule has 88 valence electrons. The average Bonchev–Trinajstić information content (AvgIpc) is 2.64. The molecule has 0 spiro atoms. The Hall–Kier alpha value is -1.97. The standard InChI is InChI=1S/C13H13NO3/c15-11-1-2-12-9(7-11)6-10-5-8(13(16)17)3-4-14(10)12/h1-2,6-8,15H,3-5H2,(H,16,17). The molecule has 17 heavy (non-hydrogen) atoms. The Morgan fingerprint density at radius 2 is 2.18 bits per heavy atom. The van der Waals surface area contributed by atoms with Gasteiger partial charge in [0.15, 0.2) is 0 Å². The first kappa shape index (κ1) is 10.2. The highest BCUT2D eigenvalue weighted by Gasteiger charge is 2.25. The van der Waals surface area contributed by atoms with Gasteiger partial charge in [0.2, 0.25) is 0 Å². The predicted octanol–water partition coefficient (Wildman–Crippen LogP) is 1.99. The second-order valence-corrected chi connectivity index (χ2v) is 4.56. The number of carboxylic acid groups (broad SMARTS) is 1. The van der Waals surface area contributed by atoms with Crippen LogP contribution in [0, 0.1) is 5.92 Å². The van der Waals surface area contributed by atoms with Crippen molar-refractivity contribution < 1.29 is 15.0 Å². The number of carbonyl (C=O) groups is 1. The highest BCUT2D eigenvalue weighted by molar-refractivity contribution is 5.83. The minimum Gasteiger partial charge on any atom is -0.508 e. The van der Waals surface area contributed by atoms with Gasteiger partial charge in [-0.1, -0.05) is 0 Å². The lowest BCUT2D eigenvalue weighted by Crippen LogP contribution is -2.24. The maximum Gasteiger partial charge on any atom is 0.306 e. The fourth-order valence-electron chi connectivity index (χ4n) is 2.60. The fourth-order valence-corrected chi connectivity index (χ4v) is 2.60. The van der Waals surface area contributed by atoms with Crippen LogP contribution in [0.15, 0.2) is 24.3 Å². The van der Waals surface area contributed by atoms with Crippen molar-refractivity contribution in [2.45, 2.75) is 19.4 Å². The van der Waals surface area contributed by atoms with Crippen molar-refractivity contribution in [3.05, 3.63) is 30.0 Å². The van der Waals surface area contributed by atoms with E-state index in [2.05, 4.69) is 4.57 Å². The monoisotopic (exact) mass is 231 g/mol. The molecule has 4 nitrogen and oxygen atoms in total. The molecule has 1 unspecified atom stereocenters. The third-order valence-corrected chi connectivity index (χ3v) is 3.48. The molecule has 1 aliphatic heterocycles. The molecule has 1 aliphatic rings. The summed E-state index contributed by atoms with van der Waals surface area (Å²) in [6.07, 6.45) is 1.25. The van der Waals surface area contributed by atoms with Crippen molar-refractivity contribution in [3.63, 3.8) is 0 Å². The minimum absolute atomic E-state index is 0.246. The van der Waals surface area contributed by atoms with Gasteiger partial charge in [-0.05, 0) is 30.7 Å². The van der Waals surface area contributed by atoms with Gasteiger partial charge in [-0.2, -0.15) is 0 Å². The SMILES string of the molecule is O=C(O)C1CCn2c(cc3cc(O)ccc32)C1. The van der Waals surface area contributed by atoms with Crippen LogP contribution in [0.3, 0.4) is 0 Å². The van der Waals surface area contributed by atoms with Gasteiger partial charge in [-0.3, -0.25) is 4.79 Å². The van der Waals surface area contributed by atoms with Crippen LogP contribution >= 0.6 is 0 Å². The van der Waals surface area contributed by atoms with Gasteiger partial charge in [0, 0.05) is 29.6 Å². The first-order chi connectivity index (χ1) is 8.15. The van der Waals surface area contributed by atoms with E-state index < -0.39 is 5.97 Å². The van der Waals surface area contributed by atoms with Crippen LogP contribution in [-0.2, 0) is 17.8 Å². The molecule has 0 aliphatic carbocycles. The van der Waals surface area contributed by atoms with Crippen molar-refractivity contribution in [3.8, 4) is 5.75 Å². The second kappa shape index (κ2) is 3.52. The molecular weight excluding hydrogens is 218 g/mol. The Morgan fingerprint density at radius 1 is 1.35 bits per heavy atom. The van der Waals surface area contributed by atoms with E-state index in [-0.39, 0.29) is 11.7 Å². The summed E-state index contributed by atoms with van der Waals surface area (Å²) >= 11 is 0. The van der Waals surface area contributed by atoms with Gasteiger partial charge < -0.3 is 14.8 Å². The molecule has 0 fully saturated rings. The zero-order valence-corrected chi connectivity index (χ0v) is 9.26. The molecule has 2 aromatic rings. The van der Waals surface area contributed by atoms with E-state index in [1.807, 2.05) is 12.1 Å². The Morgan fingerprint density at radius 3 is 2.94 bits per heavy atom. The van der Waals surface area contributed by atoms with Crippen molar-refractivity contribution in [2.24, 2.45) is 5.92 Å². The van der Waals surface area contributed by atoms with Gasteiger partial charge >= 0.3 is 5.97 Å². The summed E-state index contributed by atoms with van der Waals surface area (Å²) < 4.78 is 2.15. The van der Waals surface area contributed by atoms with E-state index in [1.165, 1.54) is 0 Å². The third kappa shape index (κ3) is 1.56. The largest absolute Gasteiger partial charge is 0.508 e. The van der Waals surface area contributed by atoms with E-state index >= 15 is 0 Å². The molecule has 0 radical (unpaired) electrons. The van der Waals surface area contributed by atoms with Crippen molar-refractivity contribution in [2.75, 3.05) is 0 Å². The first-order valence-corrected chi connectivity index (χ1v) is 5.69. The summed E-state index contributed by atoms with van der Waals surface area (Å²) in [5.41, 5.74) is 2.12. The number of aryl methyl sites for hydroxylation is 1. The van der Waals surface area contributed by atoms with Crippen LogP contribution in [-0.4, -0.2) is 20.7 Å². The molecule has 1 aromatic heterocycles. The number of aromatic nitrogens is 1. The van der Waals surface area contributed by atoms with E-state index in [0.717, 1.165) is 23.1 Å². The molecule has 2 N–H and O–H groups in total. The molecule has 0 saturated heterocycles. The van der Waals surface area contributed by atoms with Gasteiger partial charge in [0.1, 0.15) is 5.75 Å². The highest BCUT2D eigenvalue weighted by Crippen LogP contribution is 2.30. The molecule has 0 amide bonds. The molecule has 3 rings (SSSR count). The minimum atomic E-state index is -0.718. The zero-order chi connectivity index (χ0) is 12.0. The number of aromatic hydroxyl groups is 1. The number of hydrogen-bond acceptors (Lipinski definition) is 2. The number of aliphatic carboxylic acids is 1. The van der Waals surface area contributed by atoms with E-state index in [4.69, 9.17) is 5.11 Å². The number of nitrogens with zero attached hydrogens (tertiary/aromatic N) is 1. The number of fused-ring (bicyclic) bond motifs is 3. The molecule has 2 heterocycles. The summed E-state index contributed by atoms with van der Waals surface area (Å²) in [6.45, 7) is 0.737. The van der Waals surface area contributed by atoms with E-state index in [0.29, 0.717) is 12.8 Å². The zero-order valence-electron chi connectivity index (χ0n) is 9.26. The quantitative estimate of drug-likeness (QED) is 0.789. The van der Waals surface area contributed by atoms with Crippen LogP contribution < -0.4 is 0 Å². The lowest BCUT2D eigenvalue weighted by Gasteiger charge is -2.21. The maximum absolute atomic E-state index is 11.0. The van der Waals surface area contributed by atoms with E-state index in [9.17, 15) is 9.90 Å². The van der Waals surface area contributed by atoms with Crippen LogP contribution in [0.4, 0.5) is 0 Å². The summed E-state index contributed by atoms with van der Waals surface area (Å²) in [5.74, 6) is -0.750. The van der Waals surface area contributed by atoms with Gasteiger partial charge in [0.05, 0.1) is 5.92 Å². The van der Waals surface area contributed by atoms with Gasteiger partial charge in [0.25, 0.3) is 0 Å².